The molecule has 0 saturated heterocycles. The number of hydrogen-bond donors (Lipinski definition) is 0. The lowest BCUT2D eigenvalue weighted by Crippen LogP contribution is -2.27. The second kappa shape index (κ2) is 11.3. The third-order valence-corrected chi connectivity index (χ3v) is 5.28. The van der Waals surface area contributed by atoms with Crippen molar-refractivity contribution in [1.82, 2.24) is 0 Å². The zero-order valence-electron chi connectivity index (χ0n) is 16.5. The largest absolute Gasteiger partial charge is 0.262 e. The zero-order chi connectivity index (χ0) is 19.5. The number of hydrogen-bond acceptors (Lipinski definition) is 3. The molecule has 0 saturated carbocycles. The molecule has 1 heterocycles. The van der Waals surface area contributed by atoms with E-state index in [2.05, 4.69) is 79.0 Å². The molecule has 3 heteroatoms. The number of aliphatic imine (C=N–C) groups is 1. The molecule has 1 aromatic carbocycles. The van der Waals surface area contributed by atoms with Crippen LogP contribution in [-0.4, -0.2) is 12.2 Å². The van der Waals surface area contributed by atoms with E-state index in [1.807, 2.05) is 19.1 Å². The maximum absolute atomic E-state index is 4.45. The molecule has 0 atom stereocenters. The van der Waals surface area contributed by atoms with Gasteiger partial charge < -0.3 is 0 Å². The van der Waals surface area contributed by atoms with Gasteiger partial charge in [0.1, 0.15) is 6.34 Å². The second-order valence-electron chi connectivity index (χ2n) is 6.17. The molecule has 0 aromatic heterocycles. The van der Waals surface area contributed by atoms with Crippen molar-refractivity contribution in [2.45, 2.75) is 33.6 Å². The number of allylic oxidation sites excluding steroid dienone is 10. The summed E-state index contributed by atoms with van der Waals surface area (Å²) in [5.41, 5.74) is 3.57. The average molecular weight is 377 g/mol. The molecule has 2 bridgehead atoms. The summed E-state index contributed by atoms with van der Waals surface area (Å²) in [6.07, 6.45) is 18.5. The normalized spacial score (nSPS) is 21.0. The summed E-state index contributed by atoms with van der Waals surface area (Å²) in [5.74, 6) is 0.684. The molecule has 0 amide bonds. The van der Waals surface area contributed by atoms with E-state index in [9.17, 15) is 0 Å². The molecular weight excluding hydrogens is 348 g/mol. The molecule has 0 spiro atoms. The molecule has 27 heavy (non-hydrogen) atoms. The Morgan fingerprint density at radius 3 is 2.89 bits per heavy atom. The van der Waals surface area contributed by atoms with Gasteiger partial charge in [0.2, 0.25) is 0 Å². The van der Waals surface area contributed by atoms with E-state index in [0.717, 1.165) is 29.0 Å². The zero-order valence-corrected chi connectivity index (χ0v) is 17.3. The predicted molar refractivity (Wildman–Crippen MR) is 122 cm³/mol. The van der Waals surface area contributed by atoms with Gasteiger partial charge in [-0.05, 0) is 48.8 Å². The molecule has 1 aliphatic heterocycles. The standard InChI is InChI=1S/C24H28N2S/c1-5-7-8-9-10-11-13-19(3)16-22-21-14-12-15-23(20(21)4)26-17-25-18-27-24(22)6-2/h5,7,9-17H,4,6,8,18H2,1-3H3/b7-5-,10-9-,13-11+,19-16+,24-22-,25-17-,26-23-. The van der Waals surface area contributed by atoms with Crippen LogP contribution < -0.4 is 10.6 Å². The highest BCUT2D eigenvalue weighted by molar-refractivity contribution is 8.03. The van der Waals surface area contributed by atoms with E-state index in [4.69, 9.17) is 0 Å². The SMILES string of the molecule is C=c1c2ccc/c1=N/C=N\CS/C(CC)=C2/C=C(C)/C=C/C=C\C/C=C\C. The fraction of sp³-hybridized carbons (Fsp3) is 0.250. The molecule has 2 nitrogen and oxygen atoms in total. The van der Waals surface area contributed by atoms with Crippen LogP contribution >= 0.6 is 11.8 Å². The molecule has 1 aliphatic rings. The lowest BCUT2D eigenvalue weighted by molar-refractivity contribution is 1.19. The van der Waals surface area contributed by atoms with Crippen LogP contribution in [0.4, 0.5) is 0 Å². The molecule has 0 aliphatic carbocycles. The summed E-state index contributed by atoms with van der Waals surface area (Å²) in [7, 11) is 0. The quantitative estimate of drug-likeness (QED) is 0.469. The van der Waals surface area contributed by atoms with Crippen molar-refractivity contribution in [3.8, 4) is 0 Å². The third kappa shape index (κ3) is 6.37. The van der Waals surface area contributed by atoms with Crippen LogP contribution in [0.1, 0.15) is 39.2 Å². The number of benzene rings is 1. The van der Waals surface area contributed by atoms with Crippen molar-refractivity contribution in [2.24, 2.45) is 9.98 Å². The van der Waals surface area contributed by atoms with Crippen LogP contribution in [0.3, 0.4) is 0 Å². The van der Waals surface area contributed by atoms with Crippen molar-refractivity contribution >= 4 is 30.3 Å². The maximum atomic E-state index is 4.45. The Labute approximate surface area is 167 Å². The molecule has 0 radical (unpaired) electrons. The summed E-state index contributed by atoms with van der Waals surface area (Å²) >= 11 is 1.77. The minimum atomic E-state index is 0.684. The minimum Gasteiger partial charge on any atom is -0.262 e. The highest BCUT2D eigenvalue weighted by atomic mass is 32.2. The van der Waals surface area contributed by atoms with Crippen molar-refractivity contribution in [2.75, 3.05) is 5.88 Å². The molecule has 0 unspecified atom stereocenters. The smallest absolute Gasteiger partial charge is 0.111 e. The number of fused-ring (bicyclic) bond motifs is 2. The fourth-order valence-corrected chi connectivity index (χ4v) is 3.56. The number of thioether (sulfide) groups is 1. The van der Waals surface area contributed by atoms with Gasteiger partial charge in [0.15, 0.2) is 0 Å². The van der Waals surface area contributed by atoms with Gasteiger partial charge in [-0.2, -0.15) is 0 Å². The van der Waals surface area contributed by atoms with E-state index in [-0.39, 0.29) is 0 Å². The van der Waals surface area contributed by atoms with E-state index >= 15 is 0 Å². The fourth-order valence-electron chi connectivity index (χ4n) is 2.73. The third-order valence-electron chi connectivity index (χ3n) is 4.14. The Morgan fingerprint density at radius 1 is 1.26 bits per heavy atom. The Hall–Kier alpha value is -2.39. The highest BCUT2D eigenvalue weighted by Crippen LogP contribution is 2.30. The van der Waals surface area contributed by atoms with Crippen LogP contribution in [-0.2, 0) is 0 Å². The first kappa shape index (κ1) is 20.9. The van der Waals surface area contributed by atoms with Gasteiger partial charge in [-0.15, -0.1) is 11.8 Å². The van der Waals surface area contributed by atoms with Gasteiger partial charge in [0.05, 0.1) is 11.2 Å². The number of rotatable bonds is 6. The molecule has 140 valence electrons. The van der Waals surface area contributed by atoms with Crippen LogP contribution in [0.5, 0.6) is 0 Å². The number of nitrogens with zero attached hydrogens (tertiary/aromatic N) is 2. The van der Waals surface area contributed by atoms with Gasteiger partial charge in [-0.3, -0.25) is 4.99 Å². The molecule has 2 rings (SSSR count). The predicted octanol–water partition coefficient (Wildman–Crippen LogP) is 5.60. The van der Waals surface area contributed by atoms with Crippen LogP contribution in [0.15, 0.2) is 81.2 Å². The topological polar surface area (TPSA) is 24.7 Å². The van der Waals surface area contributed by atoms with E-state index < -0.39 is 0 Å². The van der Waals surface area contributed by atoms with Crippen molar-refractivity contribution < 1.29 is 0 Å². The van der Waals surface area contributed by atoms with Crippen molar-refractivity contribution in [3.05, 3.63) is 87.3 Å². The van der Waals surface area contributed by atoms with Gasteiger partial charge >= 0.3 is 0 Å². The molecule has 1 aromatic rings. The summed E-state index contributed by atoms with van der Waals surface area (Å²) in [6.45, 7) is 10.6. The van der Waals surface area contributed by atoms with Crippen molar-refractivity contribution in [1.29, 1.82) is 0 Å². The van der Waals surface area contributed by atoms with Gasteiger partial charge in [0, 0.05) is 5.22 Å². The monoisotopic (exact) mass is 376 g/mol. The van der Waals surface area contributed by atoms with Crippen molar-refractivity contribution in [3.63, 3.8) is 0 Å². The molecule has 0 N–H and O–H groups in total. The Bertz CT molecular complexity index is 928. The van der Waals surface area contributed by atoms with Crippen LogP contribution in [0.25, 0.3) is 12.2 Å². The first-order chi connectivity index (χ1) is 13.2. The van der Waals surface area contributed by atoms with E-state index in [1.54, 1.807) is 18.1 Å². The minimum absolute atomic E-state index is 0.684. The second-order valence-corrected chi connectivity index (χ2v) is 7.21. The van der Waals surface area contributed by atoms with E-state index in [1.165, 1.54) is 16.1 Å². The average Bonchev–Trinajstić information content (AvgIpc) is 2.66. The maximum Gasteiger partial charge on any atom is 0.111 e. The molecule has 0 fully saturated rings. The lowest BCUT2D eigenvalue weighted by atomic mass is 9.99. The van der Waals surface area contributed by atoms with Gasteiger partial charge in [-0.25, -0.2) is 4.99 Å². The Balaban J connectivity index is 2.44. The van der Waals surface area contributed by atoms with E-state index in [0.29, 0.717) is 5.88 Å². The summed E-state index contributed by atoms with van der Waals surface area (Å²) in [4.78, 5) is 10.2. The Kier molecular flexibility index (Phi) is 8.79. The lowest BCUT2D eigenvalue weighted by Gasteiger charge is -2.13. The first-order valence-corrected chi connectivity index (χ1v) is 10.3. The summed E-state index contributed by atoms with van der Waals surface area (Å²) in [5, 5.41) is 1.83. The Morgan fingerprint density at radius 2 is 2.11 bits per heavy atom. The van der Waals surface area contributed by atoms with Gasteiger partial charge in [0.25, 0.3) is 0 Å². The highest BCUT2D eigenvalue weighted by Gasteiger charge is 2.09. The van der Waals surface area contributed by atoms with Crippen LogP contribution in [0, 0.1) is 0 Å². The van der Waals surface area contributed by atoms with Gasteiger partial charge in [-0.1, -0.05) is 73.7 Å². The first-order valence-electron chi connectivity index (χ1n) is 9.30. The summed E-state index contributed by atoms with van der Waals surface area (Å²) < 4.78 is 0. The summed E-state index contributed by atoms with van der Waals surface area (Å²) in [6, 6.07) is 6.16. The van der Waals surface area contributed by atoms with Crippen LogP contribution in [0.2, 0.25) is 0 Å². The molecular formula is C24H28N2S.